The molecule has 0 spiro atoms. The van der Waals surface area contributed by atoms with Crippen molar-refractivity contribution in [2.24, 2.45) is 5.73 Å². The molecule has 0 aliphatic carbocycles. The minimum Gasteiger partial charge on any atom is -0.369 e. The highest BCUT2D eigenvalue weighted by Crippen LogP contribution is 2.11. The Morgan fingerprint density at radius 2 is 1.58 bits per heavy atom. The lowest BCUT2D eigenvalue weighted by molar-refractivity contribution is -0.117. The number of carbonyl (C=O) groups excluding carboxylic acids is 2. The van der Waals surface area contributed by atoms with Crippen LogP contribution in [0.3, 0.4) is 0 Å². The van der Waals surface area contributed by atoms with E-state index in [1.807, 2.05) is 18.2 Å². The van der Waals surface area contributed by atoms with Crippen molar-refractivity contribution in [1.29, 1.82) is 0 Å². The highest BCUT2D eigenvalue weighted by atomic mass is 16.2. The second kappa shape index (κ2) is 5.82. The summed E-state index contributed by atoms with van der Waals surface area (Å²) in [5.41, 5.74) is 7.22. The summed E-state index contributed by atoms with van der Waals surface area (Å²) in [5.74, 6) is -0.538. The Kier molecular flexibility index (Phi) is 3.93. The first-order chi connectivity index (χ1) is 9.15. The van der Waals surface area contributed by atoms with Gasteiger partial charge in [0.2, 0.25) is 5.91 Å². The molecule has 4 nitrogen and oxygen atoms in total. The van der Waals surface area contributed by atoms with Crippen LogP contribution in [0.5, 0.6) is 0 Å². The van der Waals surface area contributed by atoms with Gasteiger partial charge in [0.05, 0.1) is 6.42 Å². The summed E-state index contributed by atoms with van der Waals surface area (Å²) in [4.78, 5) is 22.7. The molecule has 0 unspecified atom stereocenters. The first kappa shape index (κ1) is 12.8. The van der Waals surface area contributed by atoms with Gasteiger partial charge in [-0.25, -0.2) is 0 Å². The van der Waals surface area contributed by atoms with Crippen LogP contribution in [0.15, 0.2) is 54.6 Å². The van der Waals surface area contributed by atoms with E-state index in [1.54, 1.807) is 36.4 Å². The number of amides is 2. The molecule has 2 amide bonds. The van der Waals surface area contributed by atoms with Gasteiger partial charge in [-0.15, -0.1) is 0 Å². The number of hydrogen-bond acceptors (Lipinski definition) is 2. The van der Waals surface area contributed by atoms with E-state index in [0.717, 1.165) is 5.56 Å². The second-order valence-electron chi connectivity index (χ2n) is 4.16. The molecule has 0 fully saturated rings. The molecule has 0 aromatic heterocycles. The molecule has 2 rings (SSSR count). The maximum Gasteiger partial charge on any atom is 0.255 e. The lowest BCUT2D eigenvalue weighted by Gasteiger charge is -2.06. The molecule has 0 atom stereocenters. The molecule has 0 aliphatic heterocycles. The van der Waals surface area contributed by atoms with Crippen molar-refractivity contribution >= 4 is 17.5 Å². The predicted octanol–water partition coefficient (Wildman–Crippen LogP) is 1.97. The fraction of sp³-hybridized carbons (Fsp3) is 0.0667. The fourth-order valence-corrected chi connectivity index (χ4v) is 1.70. The van der Waals surface area contributed by atoms with Crippen molar-refractivity contribution in [2.75, 3.05) is 5.32 Å². The van der Waals surface area contributed by atoms with E-state index >= 15 is 0 Å². The van der Waals surface area contributed by atoms with Crippen LogP contribution in [0.1, 0.15) is 15.9 Å². The monoisotopic (exact) mass is 254 g/mol. The average Bonchev–Trinajstić information content (AvgIpc) is 2.41. The summed E-state index contributed by atoms with van der Waals surface area (Å²) >= 11 is 0. The number of anilines is 1. The van der Waals surface area contributed by atoms with Crippen LogP contribution >= 0.6 is 0 Å². The van der Waals surface area contributed by atoms with E-state index in [1.165, 1.54) is 0 Å². The zero-order valence-corrected chi connectivity index (χ0v) is 10.3. The van der Waals surface area contributed by atoms with Gasteiger partial charge in [0.1, 0.15) is 0 Å². The number of hydrogen-bond donors (Lipinski definition) is 2. The van der Waals surface area contributed by atoms with Gasteiger partial charge in [0.15, 0.2) is 0 Å². The molecule has 0 heterocycles. The predicted molar refractivity (Wildman–Crippen MR) is 73.7 cm³/mol. The number of benzene rings is 2. The summed E-state index contributed by atoms with van der Waals surface area (Å²) in [5, 5.41) is 2.78. The number of primary amides is 1. The zero-order chi connectivity index (χ0) is 13.7. The van der Waals surface area contributed by atoms with Crippen LogP contribution in [0, 0.1) is 0 Å². The maximum absolute atomic E-state index is 11.9. The SMILES string of the molecule is NC(=O)Cc1ccc(NC(=O)c2ccccc2)cc1. The maximum atomic E-state index is 11.9. The second-order valence-corrected chi connectivity index (χ2v) is 4.16. The van der Waals surface area contributed by atoms with Crippen molar-refractivity contribution in [3.63, 3.8) is 0 Å². The standard InChI is InChI=1S/C15H14N2O2/c16-14(18)10-11-6-8-13(9-7-11)17-15(19)12-4-2-1-3-5-12/h1-9H,10H2,(H2,16,18)(H,17,19). The van der Waals surface area contributed by atoms with Crippen molar-refractivity contribution in [2.45, 2.75) is 6.42 Å². The fourth-order valence-electron chi connectivity index (χ4n) is 1.70. The van der Waals surface area contributed by atoms with Gasteiger partial charge >= 0.3 is 0 Å². The minimum atomic E-state index is -0.374. The van der Waals surface area contributed by atoms with Crippen LogP contribution in [0.4, 0.5) is 5.69 Å². The van der Waals surface area contributed by atoms with Gasteiger partial charge in [-0.05, 0) is 29.8 Å². The summed E-state index contributed by atoms with van der Waals surface area (Å²) in [6.45, 7) is 0. The highest BCUT2D eigenvalue weighted by molar-refractivity contribution is 6.04. The molecule has 3 N–H and O–H groups in total. The quantitative estimate of drug-likeness (QED) is 0.875. The smallest absolute Gasteiger partial charge is 0.255 e. The van der Waals surface area contributed by atoms with E-state index in [9.17, 15) is 9.59 Å². The molecule has 19 heavy (non-hydrogen) atoms. The van der Waals surface area contributed by atoms with Gasteiger partial charge in [-0.3, -0.25) is 9.59 Å². The third-order valence-corrected chi connectivity index (χ3v) is 2.63. The summed E-state index contributed by atoms with van der Waals surface area (Å²) in [6.07, 6.45) is 0.201. The Labute approximate surface area is 111 Å². The van der Waals surface area contributed by atoms with Crippen molar-refractivity contribution in [3.8, 4) is 0 Å². The first-order valence-corrected chi connectivity index (χ1v) is 5.89. The molecule has 0 bridgehead atoms. The van der Waals surface area contributed by atoms with Gasteiger partial charge in [0.25, 0.3) is 5.91 Å². The molecular formula is C15H14N2O2. The lowest BCUT2D eigenvalue weighted by atomic mass is 10.1. The molecule has 0 radical (unpaired) electrons. The number of carbonyl (C=O) groups is 2. The third kappa shape index (κ3) is 3.67. The lowest BCUT2D eigenvalue weighted by Crippen LogP contribution is -2.14. The molecule has 96 valence electrons. The number of rotatable bonds is 4. The summed E-state index contributed by atoms with van der Waals surface area (Å²) < 4.78 is 0. The van der Waals surface area contributed by atoms with Crippen molar-refractivity contribution in [3.05, 3.63) is 65.7 Å². The molecule has 0 saturated carbocycles. The molecule has 2 aromatic rings. The van der Waals surface area contributed by atoms with Crippen molar-refractivity contribution < 1.29 is 9.59 Å². The molecule has 0 saturated heterocycles. The number of nitrogens with two attached hydrogens (primary N) is 1. The Morgan fingerprint density at radius 3 is 2.16 bits per heavy atom. The van der Waals surface area contributed by atoms with E-state index in [2.05, 4.69) is 5.32 Å². The van der Waals surface area contributed by atoms with E-state index < -0.39 is 0 Å². The van der Waals surface area contributed by atoms with E-state index in [0.29, 0.717) is 11.3 Å². The van der Waals surface area contributed by atoms with E-state index in [-0.39, 0.29) is 18.2 Å². The van der Waals surface area contributed by atoms with Gasteiger partial charge in [0, 0.05) is 11.3 Å². The molecule has 0 aliphatic rings. The topological polar surface area (TPSA) is 72.2 Å². The molecular weight excluding hydrogens is 240 g/mol. The van der Waals surface area contributed by atoms with Crippen LogP contribution in [-0.4, -0.2) is 11.8 Å². The average molecular weight is 254 g/mol. The molecule has 4 heteroatoms. The zero-order valence-electron chi connectivity index (χ0n) is 10.3. The van der Waals surface area contributed by atoms with Crippen LogP contribution in [-0.2, 0) is 11.2 Å². The van der Waals surface area contributed by atoms with Gasteiger partial charge in [-0.2, -0.15) is 0 Å². The number of nitrogens with one attached hydrogen (secondary N) is 1. The van der Waals surface area contributed by atoms with E-state index in [4.69, 9.17) is 5.73 Å². The van der Waals surface area contributed by atoms with Gasteiger partial charge < -0.3 is 11.1 Å². The minimum absolute atomic E-state index is 0.164. The summed E-state index contributed by atoms with van der Waals surface area (Å²) in [7, 11) is 0. The normalized spacial score (nSPS) is 9.89. The third-order valence-electron chi connectivity index (χ3n) is 2.63. The van der Waals surface area contributed by atoms with Crippen molar-refractivity contribution in [1.82, 2.24) is 0 Å². The highest BCUT2D eigenvalue weighted by Gasteiger charge is 2.05. The Balaban J connectivity index is 2.04. The van der Waals surface area contributed by atoms with Crippen LogP contribution in [0.25, 0.3) is 0 Å². The van der Waals surface area contributed by atoms with Gasteiger partial charge in [-0.1, -0.05) is 30.3 Å². The molecule has 2 aromatic carbocycles. The Bertz CT molecular complexity index is 577. The van der Waals surface area contributed by atoms with Crippen LogP contribution < -0.4 is 11.1 Å². The first-order valence-electron chi connectivity index (χ1n) is 5.89. The Morgan fingerprint density at radius 1 is 0.947 bits per heavy atom. The Hall–Kier alpha value is -2.62. The largest absolute Gasteiger partial charge is 0.369 e. The van der Waals surface area contributed by atoms with Crippen LogP contribution in [0.2, 0.25) is 0 Å². The summed E-state index contributed by atoms with van der Waals surface area (Å²) in [6, 6.07) is 16.0.